The van der Waals surface area contributed by atoms with Crippen molar-refractivity contribution in [2.45, 2.75) is 18.1 Å². The standard InChI is InChI=1S/C14H16ClN3OS/c1-10(11-4-3-5-12(15)8-11)17-13(19)9-20-14-16-6-7-18(14)2/h3-8,10H,9H2,1-2H3,(H,17,19)/t10-/m0/s1. The lowest BCUT2D eigenvalue weighted by Crippen LogP contribution is -2.28. The first-order valence-corrected chi connectivity index (χ1v) is 7.57. The maximum Gasteiger partial charge on any atom is 0.230 e. The fourth-order valence-electron chi connectivity index (χ4n) is 1.76. The smallest absolute Gasteiger partial charge is 0.230 e. The first kappa shape index (κ1) is 14.9. The highest BCUT2D eigenvalue weighted by Crippen LogP contribution is 2.18. The molecule has 0 saturated heterocycles. The van der Waals surface area contributed by atoms with Crippen molar-refractivity contribution < 1.29 is 4.79 Å². The number of benzene rings is 1. The zero-order chi connectivity index (χ0) is 14.5. The van der Waals surface area contributed by atoms with Crippen LogP contribution >= 0.6 is 23.4 Å². The number of carbonyl (C=O) groups excluding carboxylic acids is 1. The summed E-state index contributed by atoms with van der Waals surface area (Å²) >= 11 is 7.36. The van der Waals surface area contributed by atoms with Crippen molar-refractivity contribution in [1.29, 1.82) is 0 Å². The molecule has 0 unspecified atom stereocenters. The molecule has 1 aromatic heterocycles. The van der Waals surface area contributed by atoms with E-state index in [9.17, 15) is 4.79 Å². The summed E-state index contributed by atoms with van der Waals surface area (Å²) in [5, 5.41) is 4.45. The molecule has 1 amide bonds. The number of aromatic nitrogens is 2. The molecule has 4 nitrogen and oxygen atoms in total. The van der Waals surface area contributed by atoms with Gasteiger partial charge in [0.1, 0.15) is 0 Å². The molecule has 0 fully saturated rings. The van der Waals surface area contributed by atoms with Crippen LogP contribution in [0.4, 0.5) is 0 Å². The number of hydrogen-bond donors (Lipinski definition) is 1. The van der Waals surface area contributed by atoms with E-state index in [-0.39, 0.29) is 11.9 Å². The number of hydrogen-bond acceptors (Lipinski definition) is 3. The second-order valence-corrected chi connectivity index (χ2v) is 5.83. The second-order valence-electron chi connectivity index (χ2n) is 4.45. The predicted molar refractivity (Wildman–Crippen MR) is 81.9 cm³/mol. The summed E-state index contributed by atoms with van der Waals surface area (Å²) in [6.45, 7) is 1.94. The molecular formula is C14H16ClN3OS. The van der Waals surface area contributed by atoms with E-state index in [4.69, 9.17) is 11.6 Å². The first-order chi connectivity index (χ1) is 9.56. The van der Waals surface area contributed by atoms with Gasteiger partial charge in [0.25, 0.3) is 0 Å². The van der Waals surface area contributed by atoms with Crippen LogP contribution in [0.3, 0.4) is 0 Å². The molecule has 1 heterocycles. The first-order valence-electron chi connectivity index (χ1n) is 6.21. The van der Waals surface area contributed by atoms with E-state index in [1.54, 1.807) is 6.20 Å². The number of halogens is 1. The normalized spacial score (nSPS) is 12.2. The summed E-state index contributed by atoms with van der Waals surface area (Å²) in [6.07, 6.45) is 3.57. The molecule has 106 valence electrons. The van der Waals surface area contributed by atoms with Gasteiger partial charge in [0.15, 0.2) is 5.16 Å². The number of rotatable bonds is 5. The molecule has 0 spiro atoms. The molecule has 6 heteroatoms. The van der Waals surface area contributed by atoms with Gasteiger partial charge in [0, 0.05) is 24.5 Å². The fraction of sp³-hybridized carbons (Fsp3) is 0.286. The van der Waals surface area contributed by atoms with Crippen molar-refractivity contribution in [1.82, 2.24) is 14.9 Å². The number of amides is 1. The van der Waals surface area contributed by atoms with E-state index in [1.807, 2.05) is 49.0 Å². The summed E-state index contributed by atoms with van der Waals surface area (Å²) in [6, 6.07) is 7.43. The fourth-order valence-corrected chi connectivity index (χ4v) is 2.71. The van der Waals surface area contributed by atoms with Crippen molar-refractivity contribution in [2.24, 2.45) is 7.05 Å². The van der Waals surface area contributed by atoms with Gasteiger partial charge in [-0.05, 0) is 24.6 Å². The van der Waals surface area contributed by atoms with Crippen molar-refractivity contribution in [3.05, 3.63) is 47.2 Å². The van der Waals surface area contributed by atoms with Crippen LogP contribution in [-0.4, -0.2) is 21.2 Å². The number of thioether (sulfide) groups is 1. The van der Waals surface area contributed by atoms with Gasteiger partial charge >= 0.3 is 0 Å². The zero-order valence-electron chi connectivity index (χ0n) is 11.3. The van der Waals surface area contributed by atoms with Crippen LogP contribution in [0.15, 0.2) is 41.8 Å². The summed E-state index contributed by atoms with van der Waals surface area (Å²) in [5.41, 5.74) is 0.993. The molecule has 1 atom stereocenters. The molecule has 2 aromatic rings. The van der Waals surface area contributed by atoms with Gasteiger partial charge in [0.2, 0.25) is 5.91 Å². The molecule has 2 rings (SSSR count). The molecule has 0 radical (unpaired) electrons. The van der Waals surface area contributed by atoms with Gasteiger partial charge in [-0.3, -0.25) is 4.79 Å². The van der Waals surface area contributed by atoms with Crippen LogP contribution in [0.5, 0.6) is 0 Å². The minimum atomic E-state index is -0.0665. The van der Waals surface area contributed by atoms with E-state index >= 15 is 0 Å². The summed E-state index contributed by atoms with van der Waals surface area (Å²) in [5.74, 6) is 0.320. The largest absolute Gasteiger partial charge is 0.349 e. The van der Waals surface area contributed by atoms with Crippen molar-refractivity contribution >= 4 is 29.3 Å². The minimum Gasteiger partial charge on any atom is -0.349 e. The second kappa shape index (κ2) is 6.81. The lowest BCUT2D eigenvalue weighted by Gasteiger charge is -2.14. The molecule has 0 aliphatic rings. The highest BCUT2D eigenvalue weighted by molar-refractivity contribution is 7.99. The number of carbonyl (C=O) groups is 1. The zero-order valence-corrected chi connectivity index (χ0v) is 12.9. The van der Waals surface area contributed by atoms with Gasteiger partial charge in [0.05, 0.1) is 11.8 Å². The molecule has 0 aliphatic carbocycles. The quantitative estimate of drug-likeness (QED) is 0.864. The third-order valence-electron chi connectivity index (χ3n) is 2.84. The van der Waals surface area contributed by atoms with Gasteiger partial charge in [-0.25, -0.2) is 4.98 Å². The number of nitrogens with zero attached hydrogens (tertiary/aromatic N) is 2. The molecule has 0 aliphatic heterocycles. The van der Waals surface area contributed by atoms with Gasteiger partial charge in [-0.1, -0.05) is 35.5 Å². The van der Waals surface area contributed by atoms with Crippen LogP contribution < -0.4 is 5.32 Å². The van der Waals surface area contributed by atoms with E-state index in [2.05, 4.69) is 10.3 Å². The highest BCUT2D eigenvalue weighted by atomic mass is 35.5. The van der Waals surface area contributed by atoms with Gasteiger partial charge in [-0.15, -0.1) is 0 Å². The van der Waals surface area contributed by atoms with E-state index in [1.165, 1.54) is 11.8 Å². The topological polar surface area (TPSA) is 46.9 Å². The monoisotopic (exact) mass is 309 g/mol. The summed E-state index contributed by atoms with van der Waals surface area (Å²) in [7, 11) is 1.90. The van der Waals surface area contributed by atoms with E-state index in [0.717, 1.165) is 10.7 Å². The lowest BCUT2D eigenvalue weighted by atomic mass is 10.1. The maximum absolute atomic E-state index is 11.9. The summed E-state index contributed by atoms with van der Waals surface area (Å²) < 4.78 is 1.89. The van der Waals surface area contributed by atoms with Crippen molar-refractivity contribution in [2.75, 3.05) is 5.75 Å². The van der Waals surface area contributed by atoms with Crippen LogP contribution in [0, 0.1) is 0 Å². The van der Waals surface area contributed by atoms with Crippen molar-refractivity contribution in [3.63, 3.8) is 0 Å². The van der Waals surface area contributed by atoms with Crippen LogP contribution in [0.1, 0.15) is 18.5 Å². The van der Waals surface area contributed by atoms with Crippen molar-refractivity contribution in [3.8, 4) is 0 Å². The predicted octanol–water partition coefficient (Wildman–Crippen LogP) is 3.04. The van der Waals surface area contributed by atoms with Gasteiger partial charge < -0.3 is 9.88 Å². The number of imidazole rings is 1. The number of nitrogens with one attached hydrogen (secondary N) is 1. The van der Waals surface area contributed by atoms with E-state index in [0.29, 0.717) is 10.8 Å². The molecular weight excluding hydrogens is 294 g/mol. The number of aryl methyl sites for hydroxylation is 1. The minimum absolute atomic E-state index is 0.0227. The Kier molecular flexibility index (Phi) is 5.09. The Labute approximate surface area is 127 Å². The average Bonchev–Trinajstić information content (AvgIpc) is 2.82. The van der Waals surface area contributed by atoms with Crippen LogP contribution in [-0.2, 0) is 11.8 Å². The molecule has 0 bridgehead atoms. The Morgan fingerprint density at radius 2 is 2.35 bits per heavy atom. The lowest BCUT2D eigenvalue weighted by molar-refractivity contribution is -0.119. The van der Waals surface area contributed by atoms with Crippen LogP contribution in [0.2, 0.25) is 5.02 Å². The average molecular weight is 310 g/mol. The summed E-state index contributed by atoms with van der Waals surface area (Å²) in [4.78, 5) is 16.1. The Morgan fingerprint density at radius 3 is 3.00 bits per heavy atom. The van der Waals surface area contributed by atoms with Crippen LogP contribution in [0.25, 0.3) is 0 Å². The molecule has 0 saturated carbocycles. The van der Waals surface area contributed by atoms with E-state index < -0.39 is 0 Å². The Balaban J connectivity index is 1.87. The Morgan fingerprint density at radius 1 is 1.55 bits per heavy atom. The van der Waals surface area contributed by atoms with Gasteiger partial charge in [-0.2, -0.15) is 0 Å². The maximum atomic E-state index is 11.9. The molecule has 1 N–H and O–H groups in total. The molecule has 1 aromatic carbocycles. The highest BCUT2D eigenvalue weighted by Gasteiger charge is 2.11. The third-order valence-corrected chi connectivity index (χ3v) is 4.13. The Hall–Kier alpha value is -1.46. The SMILES string of the molecule is C[C@H](NC(=O)CSc1nccn1C)c1cccc(Cl)c1. The molecule has 20 heavy (non-hydrogen) atoms. The third kappa shape index (κ3) is 4.02. The Bertz CT molecular complexity index is 600.